The number of esters is 2. The van der Waals surface area contributed by atoms with E-state index in [-0.39, 0.29) is 0 Å². The van der Waals surface area contributed by atoms with Gasteiger partial charge in [-0.3, -0.25) is 0 Å². The first kappa shape index (κ1) is 36.9. The number of carbonyl (C=O) groups is 2. The third-order valence-corrected chi connectivity index (χ3v) is 9.01. The van der Waals surface area contributed by atoms with Gasteiger partial charge in [-0.15, -0.1) is 0 Å². The van der Waals surface area contributed by atoms with Crippen LogP contribution >= 0.6 is 0 Å². The van der Waals surface area contributed by atoms with E-state index >= 15 is 0 Å². The second-order valence-corrected chi connectivity index (χ2v) is 12.3. The molecule has 56 heavy (non-hydrogen) atoms. The molecule has 13 N–H and O–H groups in total. The van der Waals surface area contributed by atoms with E-state index in [1.54, 1.807) is 0 Å². The Kier molecular flexibility index (Phi) is 8.49. The van der Waals surface area contributed by atoms with E-state index in [9.17, 15) is 85.6 Å². The summed E-state index contributed by atoms with van der Waals surface area (Å²) in [7, 11) is 0. The van der Waals surface area contributed by atoms with Gasteiger partial charge in [-0.2, -0.15) is 0 Å². The maximum atomic E-state index is 14.0. The monoisotopic (exact) mass is 784 g/mol. The average molecular weight is 785 g/mol. The SMILES string of the molecule is O=C(OCC1OC(O)C(O)C(O)C1OC(=O)c1cc(O)c(O)c(O)c1-c1c(O)c(O)c2oc(=O)c3cc(O)c(O)c4oc(=O)c1c2c43)c1cc(O)c(O)c(O)c1. The van der Waals surface area contributed by atoms with Gasteiger partial charge in [0.2, 0.25) is 17.2 Å². The zero-order valence-electron chi connectivity index (χ0n) is 27.4. The third kappa shape index (κ3) is 5.43. The van der Waals surface area contributed by atoms with Crippen LogP contribution in [-0.4, -0.2) is 116 Å². The van der Waals surface area contributed by atoms with Crippen LogP contribution in [0, 0.1) is 0 Å². The van der Waals surface area contributed by atoms with Gasteiger partial charge >= 0.3 is 23.2 Å². The Morgan fingerprint density at radius 2 is 1.16 bits per heavy atom. The molecule has 292 valence electrons. The minimum atomic E-state index is -2.26. The van der Waals surface area contributed by atoms with Crippen LogP contribution in [-0.2, 0) is 14.2 Å². The van der Waals surface area contributed by atoms with Crippen molar-refractivity contribution in [2.45, 2.75) is 30.7 Å². The highest BCUT2D eigenvalue weighted by Crippen LogP contribution is 2.54. The van der Waals surface area contributed by atoms with E-state index in [4.69, 9.17) is 23.0 Å². The molecule has 6 aromatic rings. The van der Waals surface area contributed by atoms with Crippen molar-refractivity contribution in [3.63, 3.8) is 0 Å². The Morgan fingerprint density at radius 1 is 0.589 bits per heavy atom. The van der Waals surface area contributed by atoms with E-state index in [2.05, 4.69) is 0 Å². The number of aromatic hydroxyl groups is 10. The van der Waals surface area contributed by atoms with E-state index < -0.39 is 173 Å². The molecule has 1 aliphatic heterocycles. The molecule has 0 aliphatic carbocycles. The number of rotatable bonds is 6. The van der Waals surface area contributed by atoms with Gasteiger partial charge in [0.1, 0.15) is 24.9 Å². The molecule has 22 heteroatoms. The molecule has 0 saturated carbocycles. The standard InChI is InChI=1S/C34H24O22/c35-9-1-6(2-10(36)19(9)39)30(47)52-5-13-27(25(45)26(46)34(51)53-13)54-31(48)7-3-11(37)20(40)22(42)14(7)16-18-17-15-8(32(49)55-29(17)24(44)23(16)43)4-12(38)21(41)28(15)56-33(18)50/h1-4,13,25-27,34-46,51H,5H2. The predicted molar refractivity (Wildman–Crippen MR) is 178 cm³/mol. The highest BCUT2D eigenvalue weighted by Gasteiger charge is 2.47. The molecule has 1 aliphatic rings. The van der Waals surface area contributed by atoms with Crippen LogP contribution in [0.5, 0.6) is 57.5 Å². The fraction of sp³-hybridized carbons (Fsp3) is 0.176. The average Bonchev–Trinajstić information content (AvgIpc) is 3.15. The first-order valence-electron chi connectivity index (χ1n) is 15.6. The van der Waals surface area contributed by atoms with Crippen LogP contribution in [0.15, 0.2) is 42.7 Å². The molecule has 22 nitrogen and oxygen atoms in total. The Bertz CT molecular complexity index is 2740. The van der Waals surface area contributed by atoms with Gasteiger partial charge in [0, 0.05) is 21.9 Å². The second kappa shape index (κ2) is 12.9. The van der Waals surface area contributed by atoms with Crippen molar-refractivity contribution >= 4 is 44.6 Å². The molecule has 1 saturated heterocycles. The molecule has 4 aromatic carbocycles. The third-order valence-electron chi connectivity index (χ3n) is 9.01. The predicted octanol–water partition coefficient (Wildman–Crippen LogP) is 0.0348. The minimum absolute atomic E-state index is 0.424. The number of hydrogen-bond donors (Lipinski definition) is 13. The number of phenols is 10. The summed E-state index contributed by atoms with van der Waals surface area (Å²) in [4.78, 5) is 53.1. The van der Waals surface area contributed by atoms with Gasteiger partial charge in [0.15, 0.2) is 63.8 Å². The summed E-state index contributed by atoms with van der Waals surface area (Å²) < 4.78 is 25.8. The topological polar surface area (TPSA) is 385 Å². The van der Waals surface area contributed by atoms with Crippen LogP contribution in [0.4, 0.5) is 0 Å². The van der Waals surface area contributed by atoms with Gasteiger partial charge < -0.3 is 89.4 Å². The quantitative estimate of drug-likeness (QED) is 0.0458. The molecule has 5 unspecified atom stereocenters. The van der Waals surface area contributed by atoms with Gasteiger partial charge in [-0.1, -0.05) is 0 Å². The van der Waals surface area contributed by atoms with E-state index in [0.29, 0.717) is 24.3 Å². The first-order valence-corrected chi connectivity index (χ1v) is 15.6. The van der Waals surface area contributed by atoms with Crippen molar-refractivity contribution < 1.29 is 99.0 Å². The zero-order valence-corrected chi connectivity index (χ0v) is 27.4. The number of aliphatic hydroxyl groups excluding tert-OH is 3. The summed E-state index contributed by atoms with van der Waals surface area (Å²) in [6, 6.07) is 2.53. The van der Waals surface area contributed by atoms with Crippen LogP contribution in [0.1, 0.15) is 20.7 Å². The number of hydrogen-bond acceptors (Lipinski definition) is 22. The minimum Gasteiger partial charge on any atom is -0.504 e. The maximum Gasteiger partial charge on any atom is 0.345 e. The van der Waals surface area contributed by atoms with Crippen molar-refractivity contribution in [1.29, 1.82) is 0 Å². The van der Waals surface area contributed by atoms with Gasteiger partial charge in [0.05, 0.1) is 21.9 Å². The molecule has 2 aromatic heterocycles. The molecule has 5 atom stereocenters. The van der Waals surface area contributed by atoms with Crippen molar-refractivity contribution in [2.24, 2.45) is 0 Å². The summed E-state index contributed by atoms with van der Waals surface area (Å²) in [5, 5.41) is 133. The normalized spacial score (nSPS) is 19.8. The Labute approximate surface area is 305 Å². The summed E-state index contributed by atoms with van der Waals surface area (Å²) in [6.45, 7) is -1.02. The van der Waals surface area contributed by atoms with Gasteiger partial charge in [-0.25, -0.2) is 19.2 Å². The largest absolute Gasteiger partial charge is 0.504 e. The van der Waals surface area contributed by atoms with Crippen LogP contribution < -0.4 is 11.3 Å². The Hall–Kier alpha value is -7.40. The number of aliphatic hydroxyl groups is 3. The number of phenolic OH excluding ortho intramolecular Hbond substituents is 10. The lowest BCUT2D eigenvalue weighted by atomic mass is 9.90. The fourth-order valence-corrected chi connectivity index (χ4v) is 6.33. The van der Waals surface area contributed by atoms with Crippen LogP contribution in [0.25, 0.3) is 43.8 Å². The maximum absolute atomic E-state index is 14.0. The molecule has 0 radical (unpaired) electrons. The van der Waals surface area contributed by atoms with Crippen molar-refractivity contribution in [3.05, 3.63) is 56.2 Å². The number of ether oxygens (including phenoxy) is 3. The zero-order chi connectivity index (χ0) is 40.8. The van der Waals surface area contributed by atoms with Crippen LogP contribution in [0.3, 0.4) is 0 Å². The van der Waals surface area contributed by atoms with Gasteiger partial charge in [-0.05, 0) is 24.3 Å². The summed E-state index contributed by atoms with van der Waals surface area (Å²) in [5.74, 6) is -14.7. The van der Waals surface area contributed by atoms with E-state index in [1.165, 1.54) is 0 Å². The molecule has 0 amide bonds. The Morgan fingerprint density at radius 3 is 1.82 bits per heavy atom. The lowest BCUT2D eigenvalue weighted by Crippen LogP contribution is -2.60. The number of benzene rings is 4. The molecular formula is C34H24O22. The van der Waals surface area contributed by atoms with E-state index in [1.807, 2.05) is 0 Å². The first-order chi connectivity index (χ1) is 26.3. The molecular weight excluding hydrogens is 760 g/mol. The smallest absolute Gasteiger partial charge is 0.345 e. The molecule has 7 rings (SSSR count). The fourth-order valence-electron chi connectivity index (χ4n) is 6.33. The molecule has 0 spiro atoms. The number of carbonyl (C=O) groups excluding carboxylic acids is 2. The lowest BCUT2D eigenvalue weighted by Gasteiger charge is -2.39. The molecule has 1 fully saturated rings. The summed E-state index contributed by atoms with van der Waals surface area (Å²) in [5.41, 5.74) is -8.27. The van der Waals surface area contributed by atoms with Crippen molar-refractivity contribution in [2.75, 3.05) is 6.61 Å². The Balaban J connectivity index is 1.36. The molecule has 0 bridgehead atoms. The second-order valence-electron chi connectivity index (χ2n) is 12.3. The van der Waals surface area contributed by atoms with E-state index in [0.717, 1.165) is 0 Å². The summed E-state index contributed by atoms with van der Waals surface area (Å²) in [6.07, 6.45) is -10.7. The highest BCUT2D eigenvalue weighted by molar-refractivity contribution is 6.26. The molecule has 3 heterocycles. The lowest BCUT2D eigenvalue weighted by molar-refractivity contribution is -0.285. The summed E-state index contributed by atoms with van der Waals surface area (Å²) >= 11 is 0. The van der Waals surface area contributed by atoms with Crippen molar-refractivity contribution in [1.82, 2.24) is 0 Å². The van der Waals surface area contributed by atoms with Crippen molar-refractivity contribution in [3.8, 4) is 68.6 Å². The van der Waals surface area contributed by atoms with Crippen LogP contribution in [0.2, 0.25) is 0 Å². The highest BCUT2D eigenvalue weighted by atomic mass is 16.7. The van der Waals surface area contributed by atoms with Gasteiger partial charge in [0.25, 0.3) is 0 Å².